The van der Waals surface area contributed by atoms with Gasteiger partial charge in [-0.15, -0.1) is 0 Å². The second kappa shape index (κ2) is 20.8. The van der Waals surface area contributed by atoms with Crippen molar-refractivity contribution in [1.82, 2.24) is 0 Å². The molecule has 5 unspecified atom stereocenters. The molecule has 0 saturated carbocycles. The minimum absolute atomic E-state index is 0.0742. The molecule has 0 aromatic heterocycles. The zero-order valence-electron chi connectivity index (χ0n) is 23.7. The molecule has 0 aromatic rings. The molecule has 9 heteroatoms. The lowest BCUT2D eigenvalue weighted by Crippen LogP contribution is -2.39. The van der Waals surface area contributed by atoms with Crippen molar-refractivity contribution in [3.8, 4) is 0 Å². The highest BCUT2D eigenvalue weighted by Crippen LogP contribution is 2.15. The molecule has 8 N–H and O–H groups in total. The summed E-state index contributed by atoms with van der Waals surface area (Å²) in [6, 6.07) is 0. The van der Waals surface area contributed by atoms with Crippen LogP contribution < -0.4 is 0 Å². The molecule has 5 atom stereocenters. The third-order valence-electron chi connectivity index (χ3n) is 5.29. The van der Waals surface area contributed by atoms with Crippen LogP contribution in [0.3, 0.4) is 0 Å². The highest BCUT2D eigenvalue weighted by atomic mass is 16.5. The van der Waals surface area contributed by atoms with Gasteiger partial charge < -0.3 is 45.6 Å². The fourth-order valence-electron chi connectivity index (χ4n) is 1.92. The molecule has 34 heavy (non-hydrogen) atoms. The van der Waals surface area contributed by atoms with E-state index in [2.05, 4.69) is 4.74 Å². The quantitative estimate of drug-likeness (QED) is 0.218. The van der Waals surface area contributed by atoms with E-state index in [1.165, 1.54) is 7.11 Å². The van der Waals surface area contributed by atoms with E-state index in [1.54, 1.807) is 20.8 Å². The molecule has 0 aliphatic rings. The summed E-state index contributed by atoms with van der Waals surface area (Å²) >= 11 is 0. The Balaban J connectivity index is -0.000000178. The van der Waals surface area contributed by atoms with E-state index in [0.29, 0.717) is 0 Å². The van der Waals surface area contributed by atoms with E-state index in [0.717, 1.165) is 0 Å². The van der Waals surface area contributed by atoms with Gasteiger partial charge in [-0.2, -0.15) is 0 Å². The summed E-state index contributed by atoms with van der Waals surface area (Å²) in [7, 11) is 1.50. The van der Waals surface area contributed by atoms with Crippen LogP contribution in [-0.2, 0) is 4.74 Å². The van der Waals surface area contributed by atoms with Crippen molar-refractivity contribution in [1.29, 1.82) is 0 Å². The Morgan fingerprint density at radius 1 is 0.676 bits per heavy atom. The van der Waals surface area contributed by atoms with Gasteiger partial charge in [-0.3, -0.25) is 0 Å². The Labute approximate surface area is 208 Å². The van der Waals surface area contributed by atoms with Crippen LogP contribution in [0.2, 0.25) is 0 Å². The molecule has 0 rings (SSSR count). The number of ether oxygens (including phenoxy) is 1. The van der Waals surface area contributed by atoms with Gasteiger partial charge in [0.2, 0.25) is 0 Å². The number of hydrogen-bond donors (Lipinski definition) is 8. The van der Waals surface area contributed by atoms with Gasteiger partial charge in [0, 0.05) is 7.11 Å². The molecular formula is C25H58O9. The lowest BCUT2D eigenvalue weighted by Gasteiger charge is -2.27. The Hall–Kier alpha value is -0.360. The molecule has 0 radical (unpaired) electrons. The molecule has 0 amide bonds. The van der Waals surface area contributed by atoms with Crippen LogP contribution in [-0.4, -0.2) is 103 Å². The van der Waals surface area contributed by atoms with Crippen molar-refractivity contribution in [2.24, 2.45) is 23.7 Å². The average molecular weight is 503 g/mol. The molecule has 0 heterocycles. The summed E-state index contributed by atoms with van der Waals surface area (Å²) in [6.45, 7) is 19.7. The van der Waals surface area contributed by atoms with Crippen LogP contribution in [0.15, 0.2) is 0 Å². The first-order valence-electron chi connectivity index (χ1n) is 12.0. The highest BCUT2D eigenvalue weighted by Gasteiger charge is 2.26. The SMILES string of the molecule is CC(C)C(C)(O)CO.CC(C)C(O)C(C)(C)O.CC(C)C(O)CO.COCC(O)C(O)C(C)C. The van der Waals surface area contributed by atoms with Crippen molar-refractivity contribution in [3.05, 3.63) is 0 Å². The second-order valence-electron chi connectivity index (χ2n) is 10.8. The van der Waals surface area contributed by atoms with Crippen molar-refractivity contribution in [2.75, 3.05) is 26.9 Å². The first kappa shape index (κ1) is 40.8. The van der Waals surface area contributed by atoms with Crippen molar-refractivity contribution < 1.29 is 45.6 Å². The van der Waals surface area contributed by atoms with Gasteiger partial charge in [-0.1, -0.05) is 55.4 Å². The number of rotatable bonds is 10. The van der Waals surface area contributed by atoms with Gasteiger partial charge in [0.05, 0.1) is 49.3 Å². The van der Waals surface area contributed by atoms with Crippen LogP contribution in [0.4, 0.5) is 0 Å². The summed E-state index contributed by atoms with van der Waals surface area (Å²) in [5.74, 6) is 0.479. The first-order chi connectivity index (χ1) is 15.1. The largest absolute Gasteiger partial charge is 0.394 e. The van der Waals surface area contributed by atoms with Gasteiger partial charge in [-0.25, -0.2) is 0 Å². The van der Waals surface area contributed by atoms with E-state index in [-0.39, 0.29) is 43.5 Å². The monoisotopic (exact) mass is 502 g/mol. The summed E-state index contributed by atoms with van der Waals surface area (Å²) in [5.41, 5.74) is -1.87. The summed E-state index contributed by atoms with van der Waals surface area (Å²) < 4.78 is 4.66. The van der Waals surface area contributed by atoms with Crippen molar-refractivity contribution >= 4 is 0 Å². The van der Waals surface area contributed by atoms with Gasteiger partial charge in [-0.05, 0) is 44.4 Å². The number of aliphatic hydroxyl groups excluding tert-OH is 6. The number of methoxy groups -OCH3 is 1. The number of aliphatic hydroxyl groups is 8. The normalized spacial score (nSPS) is 16.9. The zero-order chi connectivity index (χ0) is 28.4. The lowest BCUT2D eigenvalue weighted by molar-refractivity contribution is -0.0695. The number of hydrogen-bond acceptors (Lipinski definition) is 9. The lowest BCUT2D eigenvalue weighted by atomic mass is 9.93. The predicted octanol–water partition coefficient (Wildman–Crippen LogP) is 1.17. The zero-order valence-corrected chi connectivity index (χ0v) is 23.7. The van der Waals surface area contributed by atoms with E-state index < -0.39 is 35.6 Å². The molecule has 0 bridgehead atoms. The van der Waals surface area contributed by atoms with E-state index >= 15 is 0 Å². The second-order valence-corrected chi connectivity index (χ2v) is 10.8. The van der Waals surface area contributed by atoms with Crippen LogP contribution in [0.1, 0.15) is 76.2 Å². The minimum Gasteiger partial charge on any atom is -0.394 e. The Bertz CT molecular complexity index is 433. The first-order valence-corrected chi connectivity index (χ1v) is 12.0. The molecule has 0 aliphatic heterocycles. The topological polar surface area (TPSA) is 171 Å². The molecule has 0 spiro atoms. The molecule has 212 valence electrons. The Morgan fingerprint density at radius 2 is 1.09 bits per heavy atom. The average Bonchev–Trinajstić information content (AvgIpc) is 2.72. The maximum Gasteiger partial charge on any atom is 0.103 e. The Morgan fingerprint density at radius 3 is 1.18 bits per heavy atom. The third kappa shape index (κ3) is 23.4. The van der Waals surface area contributed by atoms with Gasteiger partial charge in [0.1, 0.15) is 6.10 Å². The van der Waals surface area contributed by atoms with Crippen LogP contribution >= 0.6 is 0 Å². The minimum atomic E-state index is -0.964. The molecule has 0 aliphatic carbocycles. The molecular weight excluding hydrogens is 444 g/mol. The Kier molecular flexibility index (Phi) is 25.0. The fraction of sp³-hybridized carbons (Fsp3) is 1.00. The molecule has 0 saturated heterocycles. The van der Waals surface area contributed by atoms with E-state index in [4.69, 9.17) is 25.5 Å². The van der Waals surface area contributed by atoms with E-state index in [1.807, 2.05) is 55.4 Å². The standard InChI is InChI=1S/C7H16O3.C7H16O2.C6H14O2.C5H12O2/c1-5(2)7(9)6(8)4-10-3;1-5(2)6(8)7(3,4)9;1-5(2)6(3,8)4-7;1-4(2)5(7)3-6/h5-9H,4H2,1-3H3;5-6,8-9H,1-4H3;5,7-8H,4H2,1-3H3;4-7H,3H2,1-2H3. The van der Waals surface area contributed by atoms with Gasteiger partial charge in [0.25, 0.3) is 0 Å². The maximum absolute atomic E-state index is 9.21. The smallest absolute Gasteiger partial charge is 0.103 e. The summed E-state index contributed by atoms with van der Waals surface area (Å²) in [5, 5.41) is 71.3. The summed E-state index contributed by atoms with van der Waals surface area (Å²) in [4.78, 5) is 0. The van der Waals surface area contributed by atoms with Gasteiger partial charge in [0.15, 0.2) is 0 Å². The highest BCUT2D eigenvalue weighted by molar-refractivity contribution is 4.78. The van der Waals surface area contributed by atoms with Crippen molar-refractivity contribution in [3.63, 3.8) is 0 Å². The van der Waals surface area contributed by atoms with E-state index in [9.17, 15) is 15.3 Å². The van der Waals surface area contributed by atoms with Crippen LogP contribution in [0.25, 0.3) is 0 Å². The predicted molar refractivity (Wildman–Crippen MR) is 136 cm³/mol. The molecule has 0 fully saturated rings. The molecule has 0 aromatic carbocycles. The van der Waals surface area contributed by atoms with Crippen molar-refractivity contribution in [2.45, 2.75) is 112 Å². The van der Waals surface area contributed by atoms with Crippen LogP contribution in [0, 0.1) is 23.7 Å². The van der Waals surface area contributed by atoms with Crippen LogP contribution in [0.5, 0.6) is 0 Å². The molecule has 9 nitrogen and oxygen atoms in total. The maximum atomic E-state index is 9.21. The fourth-order valence-corrected chi connectivity index (χ4v) is 1.92. The van der Waals surface area contributed by atoms with Gasteiger partial charge >= 0.3 is 0 Å². The summed E-state index contributed by atoms with van der Waals surface area (Å²) in [6.07, 6.45) is -2.61. The third-order valence-corrected chi connectivity index (χ3v) is 5.29.